The summed E-state index contributed by atoms with van der Waals surface area (Å²) in [6, 6.07) is 11.8. The van der Waals surface area contributed by atoms with Gasteiger partial charge in [-0.15, -0.1) is 15.3 Å². The molecular weight excluding hydrogens is 731 g/mol. The third kappa shape index (κ3) is 7.25. The van der Waals surface area contributed by atoms with Crippen molar-refractivity contribution in [2.24, 2.45) is 20.5 Å². The fourth-order valence-electron chi connectivity index (χ4n) is 4.65. The average molecular weight is 752 g/mol. The van der Waals surface area contributed by atoms with Crippen LogP contribution in [0, 0.1) is 6.92 Å². The minimum Gasteiger partial charge on any atom is -0.505 e. The standard InChI is InChI=1S/C27H21N5O13S4/c1-13-8-15(46(34,35)36)3-5-21(13)29-30-22-6-7-23(19-11-16(47(37,38)39)2-4-17(19)22)31-32-26-25(49(43,44)45)10-14-9-24(48(40,41)42)20(28)12-18(14)27(26)33/h2-12,33H,28H2,1H3,(H,34,35,36)(H,37,38,39)(H,40,41,42)(H,43,44,45). The number of aromatic hydroxyl groups is 1. The number of nitrogen functional groups attached to an aromatic ring is 1. The highest BCUT2D eigenvalue weighted by atomic mass is 32.2. The number of hydrogen-bond donors (Lipinski definition) is 6. The number of hydrogen-bond acceptors (Lipinski definition) is 14. The number of aryl methyl sites for hydroxylation is 1. The molecule has 0 saturated carbocycles. The van der Waals surface area contributed by atoms with Crippen LogP contribution in [0.3, 0.4) is 0 Å². The molecule has 0 bridgehead atoms. The van der Waals surface area contributed by atoms with Gasteiger partial charge in [0.05, 0.1) is 32.5 Å². The van der Waals surface area contributed by atoms with E-state index in [1.54, 1.807) is 0 Å². The molecule has 0 saturated heterocycles. The fraction of sp³-hybridized carbons (Fsp3) is 0.0370. The highest BCUT2D eigenvalue weighted by Gasteiger charge is 2.25. The molecule has 0 heterocycles. The second kappa shape index (κ2) is 12.2. The minimum atomic E-state index is -5.18. The Morgan fingerprint density at radius 1 is 0.531 bits per heavy atom. The molecule has 49 heavy (non-hydrogen) atoms. The fourth-order valence-corrected chi connectivity index (χ4v) is 7.01. The van der Waals surface area contributed by atoms with Crippen LogP contribution in [0.15, 0.2) is 107 Å². The maximum Gasteiger partial charge on any atom is 0.296 e. The van der Waals surface area contributed by atoms with E-state index in [2.05, 4.69) is 20.5 Å². The van der Waals surface area contributed by atoms with Crippen molar-refractivity contribution in [1.29, 1.82) is 0 Å². The molecule has 0 fully saturated rings. The van der Waals surface area contributed by atoms with E-state index in [9.17, 15) is 57.0 Å². The molecule has 0 atom stereocenters. The van der Waals surface area contributed by atoms with Crippen molar-refractivity contribution in [1.82, 2.24) is 0 Å². The van der Waals surface area contributed by atoms with Crippen molar-refractivity contribution in [2.45, 2.75) is 26.5 Å². The summed E-state index contributed by atoms with van der Waals surface area (Å²) in [5.41, 5.74) is 4.81. The number of nitrogens with zero attached hydrogens (tertiary/aromatic N) is 4. The lowest BCUT2D eigenvalue weighted by Crippen LogP contribution is -2.04. The van der Waals surface area contributed by atoms with E-state index in [-0.39, 0.29) is 43.5 Å². The van der Waals surface area contributed by atoms with Gasteiger partial charge in [-0.05, 0) is 78.5 Å². The van der Waals surface area contributed by atoms with Gasteiger partial charge in [0, 0.05) is 16.2 Å². The van der Waals surface area contributed by atoms with Crippen LogP contribution in [0.25, 0.3) is 21.5 Å². The van der Waals surface area contributed by atoms with Crippen LogP contribution in [-0.4, -0.2) is 57.0 Å². The Labute approximate surface area is 277 Å². The zero-order valence-electron chi connectivity index (χ0n) is 24.4. The number of anilines is 1. The predicted octanol–water partition coefficient (Wildman–Crippen LogP) is 5.41. The average Bonchev–Trinajstić information content (AvgIpc) is 2.98. The molecule has 0 aromatic heterocycles. The zero-order valence-corrected chi connectivity index (χ0v) is 27.6. The molecule has 5 aromatic rings. The molecule has 5 rings (SSSR count). The van der Waals surface area contributed by atoms with E-state index in [1.165, 1.54) is 31.2 Å². The zero-order chi connectivity index (χ0) is 36.3. The van der Waals surface area contributed by atoms with Crippen molar-refractivity contribution < 1.29 is 57.0 Å². The topological polar surface area (TPSA) is 313 Å². The molecule has 7 N–H and O–H groups in total. The van der Waals surface area contributed by atoms with Crippen molar-refractivity contribution >= 4 is 90.5 Å². The van der Waals surface area contributed by atoms with Crippen molar-refractivity contribution in [3.8, 4) is 5.75 Å². The van der Waals surface area contributed by atoms with E-state index in [1.807, 2.05) is 0 Å². The third-order valence-electron chi connectivity index (χ3n) is 6.97. The first-order chi connectivity index (χ1) is 22.6. The largest absolute Gasteiger partial charge is 0.505 e. The van der Waals surface area contributed by atoms with Gasteiger partial charge in [-0.2, -0.15) is 38.8 Å². The highest BCUT2D eigenvalue weighted by Crippen LogP contribution is 2.44. The summed E-state index contributed by atoms with van der Waals surface area (Å²) in [7, 11) is -19.3. The summed E-state index contributed by atoms with van der Waals surface area (Å²) in [5, 5.41) is 26.5. The first-order valence-electron chi connectivity index (χ1n) is 13.1. The lowest BCUT2D eigenvalue weighted by molar-refractivity contribution is 0.472. The van der Waals surface area contributed by atoms with Gasteiger partial charge in [-0.3, -0.25) is 18.2 Å². The van der Waals surface area contributed by atoms with E-state index in [0.29, 0.717) is 5.56 Å². The number of benzene rings is 5. The molecular formula is C27H21N5O13S4. The lowest BCUT2D eigenvalue weighted by atomic mass is 10.1. The highest BCUT2D eigenvalue weighted by molar-refractivity contribution is 7.86. The summed E-state index contributed by atoms with van der Waals surface area (Å²) < 4.78 is 133. The van der Waals surface area contributed by atoms with E-state index >= 15 is 0 Å². The monoisotopic (exact) mass is 751 g/mol. The van der Waals surface area contributed by atoms with E-state index in [4.69, 9.17) is 5.73 Å². The maximum absolute atomic E-state index is 12.3. The van der Waals surface area contributed by atoms with Gasteiger partial charge >= 0.3 is 0 Å². The number of phenolic OH excluding ortho intramolecular Hbond substituents is 1. The van der Waals surface area contributed by atoms with Gasteiger partial charge in [0.1, 0.15) is 15.5 Å². The molecule has 0 amide bonds. The molecule has 0 unspecified atom stereocenters. The SMILES string of the molecule is Cc1cc(S(=O)(=O)O)ccc1N=Nc1ccc(N=Nc2c(S(=O)(=O)O)cc3cc(S(=O)(=O)O)c(N)cc3c2O)c2cc(S(=O)(=O)O)ccc12. The summed E-state index contributed by atoms with van der Waals surface area (Å²) in [6.45, 7) is 1.51. The molecule has 18 nitrogen and oxygen atoms in total. The van der Waals surface area contributed by atoms with Gasteiger partial charge in [0.15, 0.2) is 5.75 Å². The Hall–Kier alpha value is -4.94. The summed E-state index contributed by atoms with van der Waals surface area (Å²) in [5.74, 6) is -0.925. The first-order valence-corrected chi connectivity index (χ1v) is 18.8. The summed E-state index contributed by atoms with van der Waals surface area (Å²) >= 11 is 0. The third-order valence-corrected chi connectivity index (χ3v) is 10.4. The van der Waals surface area contributed by atoms with Gasteiger partial charge in [0.25, 0.3) is 40.5 Å². The van der Waals surface area contributed by atoms with Gasteiger partial charge in [-0.25, -0.2) is 0 Å². The number of phenols is 1. The minimum absolute atomic E-state index is 0.0375. The lowest BCUT2D eigenvalue weighted by Gasteiger charge is -2.11. The molecule has 0 spiro atoms. The molecule has 0 aliphatic rings. The molecule has 5 aromatic carbocycles. The first kappa shape index (κ1) is 35.4. The molecule has 0 radical (unpaired) electrons. The summed E-state index contributed by atoms with van der Waals surface area (Å²) in [6.07, 6.45) is 0. The van der Waals surface area contributed by atoms with Crippen LogP contribution >= 0.6 is 0 Å². The second-order valence-corrected chi connectivity index (χ2v) is 15.9. The van der Waals surface area contributed by atoms with Crippen LogP contribution in [0.4, 0.5) is 28.4 Å². The molecule has 0 aliphatic carbocycles. The van der Waals surface area contributed by atoms with Gasteiger partial charge in [0.2, 0.25) is 0 Å². The number of nitrogens with two attached hydrogens (primary N) is 1. The van der Waals surface area contributed by atoms with Crippen LogP contribution < -0.4 is 5.73 Å². The van der Waals surface area contributed by atoms with E-state index < -0.39 is 72.3 Å². The molecule has 22 heteroatoms. The quantitative estimate of drug-likeness (QED) is 0.0656. The Balaban J connectivity index is 1.69. The van der Waals surface area contributed by atoms with Crippen molar-refractivity contribution in [2.75, 3.05) is 5.73 Å². The number of rotatable bonds is 8. The Bertz CT molecular complexity index is 2750. The van der Waals surface area contributed by atoms with Crippen LogP contribution in [-0.2, 0) is 40.5 Å². The van der Waals surface area contributed by atoms with Crippen LogP contribution in [0.5, 0.6) is 5.75 Å². The Kier molecular flexibility index (Phi) is 8.80. The van der Waals surface area contributed by atoms with Crippen molar-refractivity contribution in [3.63, 3.8) is 0 Å². The Morgan fingerprint density at radius 3 is 1.59 bits per heavy atom. The predicted molar refractivity (Wildman–Crippen MR) is 173 cm³/mol. The second-order valence-electron chi connectivity index (χ2n) is 10.2. The van der Waals surface area contributed by atoms with Crippen LogP contribution in [0.2, 0.25) is 0 Å². The Morgan fingerprint density at radius 2 is 1.02 bits per heavy atom. The summed E-state index contributed by atoms with van der Waals surface area (Å²) in [4.78, 5) is -2.79. The smallest absolute Gasteiger partial charge is 0.296 e. The van der Waals surface area contributed by atoms with Gasteiger partial charge < -0.3 is 10.8 Å². The van der Waals surface area contributed by atoms with Gasteiger partial charge in [-0.1, -0.05) is 6.07 Å². The number of azo groups is 2. The normalized spacial score (nSPS) is 13.2. The maximum atomic E-state index is 12.3. The van der Waals surface area contributed by atoms with E-state index in [0.717, 1.165) is 42.5 Å². The van der Waals surface area contributed by atoms with Crippen LogP contribution in [0.1, 0.15) is 5.56 Å². The van der Waals surface area contributed by atoms with Crippen molar-refractivity contribution in [3.05, 3.63) is 72.3 Å². The molecule has 0 aliphatic heterocycles. The number of fused-ring (bicyclic) bond motifs is 2. The molecule has 256 valence electrons.